The molecule has 0 aliphatic rings. The molecule has 1 aromatic rings. The summed E-state index contributed by atoms with van der Waals surface area (Å²) in [6.45, 7) is 2.80. The minimum absolute atomic E-state index is 0.182. The Kier molecular flexibility index (Phi) is 8.12. The molecule has 0 heterocycles. The highest BCUT2D eigenvalue weighted by atomic mass is 32.2. The highest BCUT2D eigenvalue weighted by Crippen LogP contribution is 2.16. The minimum Gasteiger partial charge on any atom is -0.489 e. The summed E-state index contributed by atoms with van der Waals surface area (Å²) >= 11 is 1.79. The van der Waals surface area contributed by atoms with E-state index in [2.05, 4.69) is 24.6 Å². The van der Waals surface area contributed by atoms with E-state index in [1.807, 2.05) is 6.07 Å². The molecule has 110 valence electrons. The van der Waals surface area contributed by atoms with E-state index in [-0.39, 0.29) is 6.61 Å². The summed E-state index contributed by atoms with van der Waals surface area (Å²) < 4.78 is 5.50. The Balaban J connectivity index is 2.36. The Morgan fingerprint density at radius 1 is 1.45 bits per heavy atom. The first kappa shape index (κ1) is 16.8. The molecule has 0 spiro atoms. The van der Waals surface area contributed by atoms with Crippen LogP contribution in [0.15, 0.2) is 24.3 Å². The average Bonchev–Trinajstić information content (AvgIpc) is 2.49. The molecule has 5 heteroatoms. The van der Waals surface area contributed by atoms with Crippen LogP contribution in [0.5, 0.6) is 5.75 Å². The average molecular weight is 294 g/mol. The van der Waals surface area contributed by atoms with Crippen LogP contribution in [-0.4, -0.2) is 42.4 Å². The molecule has 0 saturated carbocycles. The highest BCUT2D eigenvalue weighted by molar-refractivity contribution is 7.98. The van der Waals surface area contributed by atoms with Crippen LogP contribution in [0.1, 0.15) is 18.9 Å². The van der Waals surface area contributed by atoms with E-state index in [1.165, 1.54) is 0 Å². The monoisotopic (exact) mass is 294 g/mol. The third kappa shape index (κ3) is 5.83. The summed E-state index contributed by atoms with van der Waals surface area (Å²) in [7, 11) is 0. The van der Waals surface area contributed by atoms with E-state index >= 15 is 0 Å². The first-order chi connectivity index (χ1) is 9.71. The van der Waals surface area contributed by atoms with Crippen molar-refractivity contribution < 1.29 is 9.84 Å². The zero-order chi connectivity index (χ0) is 14.8. The molecule has 0 radical (unpaired) electrons. The van der Waals surface area contributed by atoms with Gasteiger partial charge in [-0.15, -0.1) is 0 Å². The second kappa shape index (κ2) is 9.65. The first-order valence-electron chi connectivity index (χ1n) is 6.73. The zero-order valence-electron chi connectivity index (χ0n) is 12.0. The van der Waals surface area contributed by atoms with Crippen molar-refractivity contribution in [1.29, 1.82) is 5.26 Å². The number of nitriles is 1. The van der Waals surface area contributed by atoms with Crippen LogP contribution in [0, 0.1) is 11.3 Å². The summed E-state index contributed by atoms with van der Waals surface area (Å²) in [5.74, 6) is 1.55. The molecule has 0 amide bonds. The number of nitrogens with one attached hydrogen (secondary N) is 1. The van der Waals surface area contributed by atoms with Gasteiger partial charge >= 0.3 is 0 Å². The van der Waals surface area contributed by atoms with Gasteiger partial charge in [0.2, 0.25) is 0 Å². The van der Waals surface area contributed by atoms with E-state index < -0.39 is 6.10 Å². The van der Waals surface area contributed by atoms with Crippen LogP contribution >= 0.6 is 11.8 Å². The van der Waals surface area contributed by atoms with E-state index in [1.54, 1.807) is 30.0 Å². The third-order valence-electron chi connectivity index (χ3n) is 2.94. The van der Waals surface area contributed by atoms with Crippen LogP contribution in [-0.2, 0) is 0 Å². The van der Waals surface area contributed by atoms with Crippen molar-refractivity contribution in [3.8, 4) is 11.8 Å². The van der Waals surface area contributed by atoms with Gasteiger partial charge in [-0.3, -0.25) is 0 Å². The van der Waals surface area contributed by atoms with Crippen LogP contribution in [0.4, 0.5) is 0 Å². The Morgan fingerprint density at radius 3 is 2.85 bits per heavy atom. The largest absolute Gasteiger partial charge is 0.489 e. The number of benzene rings is 1. The molecule has 0 aromatic heterocycles. The topological polar surface area (TPSA) is 65.3 Å². The van der Waals surface area contributed by atoms with Gasteiger partial charge in [0.1, 0.15) is 24.5 Å². The predicted molar refractivity (Wildman–Crippen MR) is 83.1 cm³/mol. The predicted octanol–water partition coefficient (Wildman–Crippen LogP) is 2.03. The molecule has 4 nitrogen and oxygen atoms in total. The number of nitrogens with zero attached hydrogens (tertiary/aromatic N) is 1. The van der Waals surface area contributed by atoms with Crippen LogP contribution in [0.3, 0.4) is 0 Å². The second-order valence-electron chi connectivity index (χ2n) is 4.54. The van der Waals surface area contributed by atoms with Gasteiger partial charge in [0.05, 0.1) is 5.56 Å². The summed E-state index contributed by atoms with van der Waals surface area (Å²) in [5, 5.41) is 22.2. The summed E-state index contributed by atoms with van der Waals surface area (Å²) in [4.78, 5) is 0. The van der Waals surface area contributed by atoms with Crippen molar-refractivity contribution in [3.05, 3.63) is 29.8 Å². The maximum Gasteiger partial charge on any atom is 0.137 e. The van der Waals surface area contributed by atoms with Crippen molar-refractivity contribution >= 4 is 11.8 Å². The number of hydrogen-bond donors (Lipinski definition) is 2. The Morgan fingerprint density at radius 2 is 2.20 bits per heavy atom. The lowest BCUT2D eigenvalue weighted by Gasteiger charge is -2.19. The molecule has 0 fully saturated rings. The van der Waals surface area contributed by atoms with E-state index in [0.29, 0.717) is 23.9 Å². The number of aliphatic hydroxyl groups is 1. The number of para-hydroxylation sites is 1. The molecule has 2 unspecified atom stereocenters. The van der Waals surface area contributed by atoms with Gasteiger partial charge in [-0.05, 0) is 24.8 Å². The zero-order valence-corrected chi connectivity index (χ0v) is 12.8. The van der Waals surface area contributed by atoms with Gasteiger partial charge in [0.25, 0.3) is 0 Å². The van der Waals surface area contributed by atoms with Crippen LogP contribution < -0.4 is 10.1 Å². The fraction of sp³-hybridized carbons (Fsp3) is 0.533. The van der Waals surface area contributed by atoms with Crippen molar-refractivity contribution in [2.75, 3.05) is 25.2 Å². The number of hydrogen-bond acceptors (Lipinski definition) is 5. The van der Waals surface area contributed by atoms with Gasteiger partial charge in [0.15, 0.2) is 0 Å². The Bertz CT molecular complexity index is 434. The summed E-state index contributed by atoms with van der Waals surface area (Å²) in [5.41, 5.74) is 0.487. The van der Waals surface area contributed by atoms with E-state index in [4.69, 9.17) is 10.00 Å². The fourth-order valence-electron chi connectivity index (χ4n) is 1.75. The quantitative estimate of drug-likeness (QED) is 0.729. The minimum atomic E-state index is -0.586. The highest BCUT2D eigenvalue weighted by Gasteiger charge is 2.10. The van der Waals surface area contributed by atoms with Crippen LogP contribution in [0.25, 0.3) is 0 Å². The lowest BCUT2D eigenvalue weighted by atomic mass is 10.2. The molecule has 1 rings (SSSR count). The standard InChI is InChI=1S/C15H22N2O2S/c1-3-13(11-20-2)17-9-14(18)10-19-15-7-5-4-6-12(15)8-16/h4-7,13-14,17-18H,3,9-11H2,1-2H3. The van der Waals surface area contributed by atoms with Crippen molar-refractivity contribution in [2.24, 2.45) is 0 Å². The van der Waals surface area contributed by atoms with Crippen molar-refractivity contribution in [3.63, 3.8) is 0 Å². The second-order valence-corrected chi connectivity index (χ2v) is 5.45. The van der Waals surface area contributed by atoms with Gasteiger partial charge in [-0.2, -0.15) is 17.0 Å². The maximum atomic E-state index is 9.91. The van der Waals surface area contributed by atoms with Gasteiger partial charge in [0, 0.05) is 18.3 Å². The number of rotatable bonds is 9. The molecular formula is C15H22N2O2S. The third-order valence-corrected chi connectivity index (χ3v) is 3.68. The molecule has 20 heavy (non-hydrogen) atoms. The molecule has 0 aliphatic carbocycles. The molecular weight excluding hydrogens is 272 g/mol. The maximum absolute atomic E-state index is 9.91. The molecule has 2 atom stereocenters. The molecule has 2 N–H and O–H groups in total. The summed E-state index contributed by atoms with van der Waals surface area (Å²) in [6, 6.07) is 9.52. The first-order valence-corrected chi connectivity index (χ1v) is 8.13. The van der Waals surface area contributed by atoms with Gasteiger partial charge in [-0.25, -0.2) is 0 Å². The number of thioether (sulfide) groups is 1. The molecule has 0 aliphatic heterocycles. The normalized spacial score (nSPS) is 13.5. The van der Waals surface area contributed by atoms with Gasteiger partial charge < -0.3 is 15.2 Å². The SMILES string of the molecule is CCC(CSC)NCC(O)COc1ccccc1C#N. The van der Waals surface area contributed by atoms with Crippen molar-refractivity contribution in [1.82, 2.24) is 5.32 Å². The Labute approximate surface area is 125 Å². The molecule has 0 saturated heterocycles. The van der Waals surface area contributed by atoms with Crippen LogP contribution in [0.2, 0.25) is 0 Å². The van der Waals surface area contributed by atoms with E-state index in [9.17, 15) is 5.11 Å². The number of aliphatic hydroxyl groups excluding tert-OH is 1. The molecule has 0 bridgehead atoms. The van der Waals surface area contributed by atoms with Crippen molar-refractivity contribution in [2.45, 2.75) is 25.5 Å². The lowest BCUT2D eigenvalue weighted by molar-refractivity contribution is 0.104. The summed E-state index contributed by atoms with van der Waals surface area (Å²) in [6.07, 6.45) is 2.52. The smallest absolute Gasteiger partial charge is 0.137 e. The van der Waals surface area contributed by atoms with E-state index in [0.717, 1.165) is 12.2 Å². The molecule has 1 aromatic carbocycles. The lowest BCUT2D eigenvalue weighted by Crippen LogP contribution is -2.39. The Hall–Kier alpha value is -1.22. The fourth-order valence-corrected chi connectivity index (χ4v) is 2.51. The number of ether oxygens (including phenoxy) is 1. The van der Waals surface area contributed by atoms with Gasteiger partial charge in [-0.1, -0.05) is 19.1 Å².